The molecule has 0 saturated carbocycles. The van der Waals surface area contributed by atoms with E-state index in [9.17, 15) is 0 Å². The Balaban J connectivity index is 2.29. The lowest BCUT2D eigenvalue weighted by Crippen LogP contribution is -2.27. The fourth-order valence-electron chi connectivity index (χ4n) is 1.74. The van der Waals surface area contributed by atoms with E-state index in [1.165, 1.54) is 6.42 Å². The van der Waals surface area contributed by atoms with E-state index in [0.717, 1.165) is 25.2 Å². The number of nitrogens with zero attached hydrogens (tertiary/aromatic N) is 2. The fourth-order valence-corrected chi connectivity index (χ4v) is 1.74. The monoisotopic (exact) mass is 260 g/mol. The van der Waals surface area contributed by atoms with Crippen molar-refractivity contribution in [3.05, 3.63) is 23.8 Å². The van der Waals surface area contributed by atoms with Crippen molar-refractivity contribution >= 4 is 11.4 Å². The summed E-state index contributed by atoms with van der Waals surface area (Å²) in [5, 5.41) is 12.2. The van der Waals surface area contributed by atoms with Gasteiger partial charge in [0.1, 0.15) is 6.07 Å². The molecular weight excluding hydrogens is 236 g/mol. The van der Waals surface area contributed by atoms with Gasteiger partial charge in [0.05, 0.1) is 5.56 Å². The lowest BCUT2D eigenvalue weighted by atomic mass is 10.1. The fraction of sp³-hybridized carbons (Fsp3) is 0.533. The zero-order valence-electron chi connectivity index (χ0n) is 12.1. The molecule has 3 N–H and O–H groups in total. The van der Waals surface area contributed by atoms with E-state index in [1.807, 2.05) is 6.07 Å². The first kappa shape index (κ1) is 15.3. The molecule has 104 valence electrons. The first-order valence-electron chi connectivity index (χ1n) is 6.78. The van der Waals surface area contributed by atoms with Gasteiger partial charge < -0.3 is 16.0 Å². The van der Waals surface area contributed by atoms with Crippen LogP contribution in [-0.2, 0) is 0 Å². The predicted octanol–water partition coefficient (Wildman–Crippen LogP) is 2.67. The molecule has 0 spiro atoms. The molecule has 0 amide bonds. The maximum atomic E-state index is 8.90. The Bertz CT molecular complexity index is 434. The Morgan fingerprint density at radius 2 is 2.11 bits per heavy atom. The summed E-state index contributed by atoms with van der Waals surface area (Å²) in [7, 11) is 2.15. The van der Waals surface area contributed by atoms with Crippen molar-refractivity contribution in [3.8, 4) is 6.07 Å². The lowest BCUT2D eigenvalue weighted by Gasteiger charge is -2.20. The van der Waals surface area contributed by atoms with Crippen LogP contribution in [0.5, 0.6) is 0 Å². The van der Waals surface area contributed by atoms with Gasteiger partial charge in [-0.1, -0.05) is 0 Å². The summed E-state index contributed by atoms with van der Waals surface area (Å²) in [5.74, 6) is 0. The van der Waals surface area contributed by atoms with Crippen LogP contribution in [0.2, 0.25) is 0 Å². The minimum absolute atomic E-state index is 0.532. The number of nitrogens with one attached hydrogen (secondary N) is 1. The second-order valence-corrected chi connectivity index (χ2v) is 5.12. The van der Waals surface area contributed by atoms with Crippen molar-refractivity contribution in [2.45, 2.75) is 32.7 Å². The van der Waals surface area contributed by atoms with E-state index in [0.29, 0.717) is 17.3 Å². The van der Waals surface area contributed by atoms with Crippen LogP contribution in [0, 0.1) is 11.3 Å². The Kier molecular flexibility index (Phi) is 6.17. The van der Waals surface area contributed by atoms with Crippen LogP contribution < -0.4 is 11.1 Å². The summed E-state index contributed by atoms with van der Waals surface area (Å²) in [6.07, 6.45) is 2.28. The van der Waals surface area contributed by atoms with Crippen LogP contribution in [0.25, 0.3) is 0 Å². The maximum absolute atomic E-state index is 8.90. The third kappa shape index (κ3) is 5.19. The third-order valence-electron chi connectivity index (χ3n) is 3.32. The van der Waals surface area contributed by atoms with Crippen LogP contribution in [0.4, 0.5) is 11.4 Å². The highest BCUT2D eigenvalue weighted by Gasteiger charge is 2.02. The molecule has 0 saturated heterocycles. The average Bonchev–Trinajstić information content (AvgIpc) is 2.39. The molecule has 4 heteroatoms. The van der Waals surface area contributed by atoms with Crippen LogP contribution in [0.1, 0.15) is 32.3 Å². The molecule has 0 fully saturated rings. The molecule has 19 heavy (non-hydrogen) atoms. The highest BCUT2D eigenvalue weighted by Crippen LogP contribution is 2.16. The summed E-state index contributed by atoms with van der Waals surface area (Å²) < 4.78 is 0. The Morgan fingerprint density at radius 1 is 1.37 bits per heavy atom. The van der Waals surface area contributed by atoms with Crippen molar-refractivity contribution < 1.29 is 0 Å². The Hall–Kier alpha value is -1.73. The molecule has 0 bridgehead atoms. The van der Waals surface area contributed by atoms with Crippen LogP contribution in [0.15, 0.2) is 18.2 Å². The second-order valence-electron chi connectivity index (χ2n) is 5.12. The quantitative estimate of drug-likeness (QED) is 0.584. The van der Waals surface area contributed by atoms with Crippen LogP contribution in [-0.4, -0.2) is 31.1 Å². The number of anilines is 2. The molecule has 0 atom stereocenters. The van der Waals surface area contributed by atoms with E-state index in [-0.39, 0.29) is 0 Å². The van der Waals surface area contributed by atoms with E-state index in [2.05, 4.69) is 37.2 Å². The van der Waals surface area contributed by atoms with Gasteiger partial charge in [0.15, 0.2) is 0 Å². The van der Waals surface area contributed by atoms with E-state index >= 15 is 0 Å². The van der Waals surface area contributed by atoms with Gasteiger partial charge in [-0.15, -0.1) is 0 Å². The number of nitrogen functional groups attached to an aromatic ring is 1. The van der Waals surface area contributed by atoms with Gasteiger partial charge in [-0.05, 0) is 58.5 Å². The number of benzene rings is 1. The summed E-state index contributed by atoms with van der Waals surface area (Å²) in [4.78, 5) is 2.34. The lowest BCUT2D eigenvalue weighted by molar-refractivity contribution is 0.269. The zero-order valence-corrected chi connectivity index (χ0v) is 12.1. The molecule has 0 heterocycles. The second kappa shape index (κ2) is 7.65. The predicted molar refractivity (Wildman–Crippen MR) is 81.1 cm³/mol. The number of nitrogens with two attached hydrogens (primary N) is 1. The summed E-state index contributed by atoms with van der Waals surface area (Å²) in [6, 6.07) is 8.18. The number of hydrogen-bond donors (Lipinski definition) is 2. The van der Waals surface area contributed by atoms with Crippen molar-refractivity contribution in [1.29, 1.82) is 5.26 Å². The van der Waals surface area contributed by atoms with Gasteiger partial charge in [0.2, 0.25) is 0 Å². The molecule has 1 rings (SSSR count). The summed E-state index contributed by atoms with van der Waals surface area (Å²) in [5.41, 5.74) is 7.71. The van der Waals surface area contributed by atoms with Crippen molar-refractivity contribution in [2.24, 2.45) is 0 Å². The van der Waals surface area contributed by atoms with E-state index in [1.54, 1.807) is 12.1 Å². The molecule has 0 radical (unpaired) electrons. The molecule has 1 aromatic rings. The van der Waals surface area contributed by atoms with Gasteiger partial charge in [0.25, 0.3) is 0 Å². The van der Waals surface area contributed by atoms with E-state index in [4.69, 9.17) is 11.0 Å². The molecule has 0 aliphatic heterocycles. The third-order valence-corrected chi connectivity index (χ3v) is 3.32. The molecular formula is C15H24N4. The van der Waals surface area contributed by atoms with Crippen molar-refractivity contribution in [2.75, 3.05) is 31.2 Å². The smallest absolute Gasteiger partial charge is 0.101 e. The van der Waals surface area contributed by atoms with E-state index < -0.39 is 0 Å². The number of nitriles is 1. The molecule has 1 aromatic carbocycles. The van der Waals surface area contributed by atoms with Crippen LogP contribution in [0.3, 0.4) is 0 Å². The Morgan fingerprint density at radius 3 is 2.74 bits per heavy atom. The molecule has 0 unspecified atom stereocenters. The maximum Gasteiger partial charge on any atom is 0.101 e. The standard InChI is InChI=1S/C15H24N4/c1-12(2)19(3)9-5-4-8-18-14-6-7-15(17)13(10-14)11-16/h6-7,10,12,18H,4-5,8-9,17H2,1-3H3. The first-order chi connectivity index (χ1) is 9.04. The largest absolute Gasteiger partial charge is 0.398 e. The SMILES string of the molecule is CC(C)N(C)CCCCNc1ccc(N)c(C#N)c1. The summed E-state index contributed by atoms with van der Waals surface area (Å²) in [6.45, 7) is 6.44. The molecule has 0 aliphatic carbocycles. The number of hydrogen-bond acceptors (Lipinski definition) is 4. The minimum Gasteiger partial charge on any atom is -0.398 e. The normalized spacial score (nSPS) is 10.7. The first-order valence-corrected chi connectivity index (χ1v) is 6.78. The van der Waals surface area contributed by atoms with Gasteiger partial charge in [0, 0.05) is 24.0 Å². The van der Waals surface area contributed by atoms with Crippen molar-refractivity contribution in [3.63, 3.8) is 0 Å². The number of rotatable bonds is 7. The van der Waals surface area contributed by atoms with Gasteiger partial charge in [-0.3, -0.25) is 0 Å². The topological polar surface area (TPSA) is 65.1 Å². The van der Waals surface area contributed by atoms with Gasteiger partial charge >= 0.3 is 0 Å². The molecule has 4 nitrogen and oxygen atoms in total. The zero-order chi connectivity index (χ0) is 14.3. The van der Waals surface area contributed by atoms with Gasteiger partial charge in [-0.25, -0.2) is 0 Å². The molecule has 0 aliphatic rings. The number of unbranched alkanes of at least 4 members (excludes halogenated alkanes) is 1. The van der Waals surface area contributed by atoms with Crippen molar-refractivity contribution in [1.82, 2.24) is 4.90 Å². The Labute approximate surface area is 116 Å². The van der Waals surface area contributed by atoms with Gasteiger partial charge in [-0.2, -0.15) is 5.26 Å². The highest BCUT2D eigenvalue weighted by atomic mass is 15.1. The minimum atomic E-state index is 0.532. The highest BCUT2D eigenvalue weighted by molar-refractivity contribution is 5.61. The summed E-state index contributed by atoms with van der Waals surface area (Å²) >= 11 is 0. The molecule has 0 aromatic heterocycles. The average molecular weight is 260 g/mol. The van der Waals surface area contributed by atoms with Crippen LogP contribution >= 0.6 is 0 Å².